The van der Waals surface area contributed by atoms with E-state index in [9.17, 15) is 9.59 Å². The highest BCUT2D eigenvalue weighted by atomic mass is 16.5. The third-order valence-corrected chi connectivity index (χ3v) is 2.67. The van der Waals surface area contributed by atoms with Gasteiger partial charge in [0.1, 0.15) is 5.75 Å². The zero-order chi connectivity index (χ0) is 14.4. The zero-order valence-corrected chi connectivity index (χ0v) is 12.0. The van der Waals surface area contributed by atoms with Gasteiger partial charge in [-0.3, -0.25) is 9.59 Å². The molecular formula is C15H21NO3. The second-order valence-corrected chi connectivity index (χ2v) is 5.04. The lowest BCUT2D eigenvalue weighted by Gasteiger charge is -2.19. The van der Waals surface area contributed by atoms with Crippen molar-refractivity contribution in [3.05, 3.63) is 29.8 Å². The molecule has 0 atom stereocenters. The summed E-state index contributed by atoms with van der Waals surface area (Å²) in [5.41, 5.74) is 0.584. The summed E-state index contributed by atoms with van der Waals surface area (Å²) in [6.07, 6.45) is 0. The second kappa shape index (κ2) is 6.92. The standard InChI is InChI=1S/C15H21NO3/c1-11(2)9-16(4)15(18)10-19-14-7-5-6-13(8-14)12(3)17/h5-8,11H,9-10H2,1-4H3. The lowest BCUT2D eigenvalue weighted by molar-refractivity contribution is -0.132. The van der Waals surface area contributed by atoms with Crippen LogP contribution in [0.5, 0.6) is 5.75 Å². The normalized spacial score (nSPS) is 10.4. The van der Waals surface area contributed by atoms with Crippen LogP contribution in [0.2, 0.25) is 0 Å². The predicted octanol–water partition coefficient (Wildman–Crippen LogP) is 2.38. The Morgan fingerprint density at radius 2 is 2.00 bits per heavy atom. The molecule has 0 N–H and O–H groups in total. The predicted molar refractivity (Wildman–Crippen MR) is 74.4 cm³/mol. The number of rotatable bonds is 6. The number of amides is 1. The third-order valence-electron chi connectivity index (χ3n) is 2.67. The average Bonchev–Trinajstić information content (AvgIpc) is 2.35. The van der Waals surface area contributed by atoms with E-state index in [0.717, 1.165) is 0 Å². The Balaban J connectivity index is 2.54. The maximum absolute atomic E-state index is 11.8. The van der Waals surface area contributed by atoms with Crippen LogP contribution in [0, 0.1) is 5.92 Å². The molecule has 1 aromatic carbocycles. The lowest BCUT2D eigenvalue weighted by Crippen LogP contribution is -2.34. The molecule has 1 rings (SSSR count). The molecule has 0 aliphatic carbocycles. The fraction of sp³-hybridized carbons (Fsp3) is 0.467. The van der Waals surface area contributed by atoms with Crippen molar-refractivity contribution in [2.75, 3.05) is 20.2 Å². The minimum Gasteiger partial charge on any atom is -0.484 e. The summed E-state index contributed by atoms with van der Waals surface area (Å²) in [5.74, 6) is 0.879. The van der Waals surface area contributed by atoms with Crippen molar-refractivity contribution in [3.63, 3.8) is 0 Å². The maximum atomic E-state index is 11.8. The molecule has 0 aliphatic rings. The van der Waals surface area contributed by atoms with Crippen LogP contribution in [-0.2, 0) is 4.79 Å². The Kier molecular flexibility index (Phi) is 5.55. The monoisotopic (exact) mass is 263 g/mol. The van der Waals surface area contributed by atoms with Crippen molar-refractivity contribution < 1.29 is 14.3 Å². The van der Waals surface area contributed by atoms with Gasteiger partial charge in [-0.2, -0.15) is 0 Å². The molecule has 0 saturated carbocycles. The molecule has 1 aromatic rings. The topological polar surface area (TPSA) is 46.6 Å². The summed E-state index contributed by atoms with van der Waals surface area (Å²) in [6.45, 7) is 6.31. The number of benzene rings is 1. The first-order valence-corrected chi connectivity index (χ1v) is 6.38. The van der Waals surface area contributed by atoms with Gasteiger partial charge >= 0.3 is 0 Å². The maximum Gasteiger partial charge on any atom is 0.260 e. The van der Waals surface area contributed by atoms with Gasteiger partial charge in [0.25, 0.3) is 5.91 Å². The SMILES string of the molecule is CC(=O)c1cccc(OCC(=O)N(C)CC(C)C)c1. The number of nitrogens with zero attached hydrogens (tertiary/aromatic N) is 1. The average molecular weight is 263 g/mol. The molecule has 0 aromatic heterocycles. The van der Waals surface area contributed by atoms with Crippen molar-refractivity contribution in [1.29, 1.82) is 0 Å². The zero-order valence-electron chi connectivity index (χ0n) is 12.0. The lowest BCUT2D eigenvalue weighted by atomic mass is 10.1. The Hall–Kier alpha value is -1.84. The molecule has 104 valence electrons. The van der Waals surface area contributed by atoms with Crippen LogP contribution in [0.1, 0.15) is 31.1 Å². The van der Waals surface area contributed by atoms with Crippen LogP contribution in [0.3, 0.4) is 0 Å². The number of hydrogen-bond acceptors (Lipinski definition) is 3. The fourth-order valence-electron chi connectivity index (χ4n) is 1.71. The van der Waals surface area contributed by atoms with E-state index in [-0.39, 0.29) is 18.3 Å². The second-order valence-electron chi connectivity index (χ2n) is 5.04. The molecule has 0 saturated heterocycles. The number of hydrogen-bond donors (Lipinski definition) is 0. The van der Waals surface area contributed by atoms with Gasteiger partial charge in [-0.25, -0.2) is 0 Å². The van der Waals surface area contributed by atoms with Crippen LogP contribution in [0.15, 0.2) is 24.3 Å². The third kappa shape index (κ3) is 5.12. The Bertz CT molecular complexity index is 454. The summed E-state index contributed by atoms with van der Waals surface area (Å²) in [6, 6.07) is 6.86. The highest BCUT2D eigenvalue weighted by Gasteiger charge is 2.11. The van der Waals surface area contributed by atoms with Crippen LogP contribution >= 0.6 is 0 Å². The minimum atomic E-state index is -0.0677. The largest absolute Gasteiger partial charge is 0.484 e. The Morgan fingerprint density at radius 3 is 2.58 bits per heavy atom. The molecule has 0 spiro atoms. The number of carbonyl (C=O) groups is 2. The first kappa shape index (κ1) is 15.2. The van der Waals surface area contributed by atoms with Crippen LogP contribution in [0.4, 0.5) is 0 Å². The van der Waals surface area contributed by atoms with Gasteiger partial charge in [0.05, 0.1) is 0 Å². The van der Waals surface area contributed by atoms with E-state index in [1.165, 1.54) is 6.92 Å². The van der Waals surface area contributed by atoms with Crippen LogP contribution < -0.4 is 4.74 Å². The van der Waals surface area contributed by atoms with Gasteiger partial charge in [-0.15, -0.1) is 0 Å². The van der Waals surface area contributed by atoms with E-state index in [0.29, 0.717) is 23.8 Å². The van der Waals surface area contributed by atoms with Gasteiger partial charge in [-0.1, -0.05) is 26.0 Å². The van der Waals surface area contributed by atoms with E-state index in [4.69, 9.17) is 4.74 Å². The van der Waals surface area contributed by atoms with Crippen LogP contribution in [0.25, 0.3) is 0 Å². The summed E-state index contributed by atoms with van der Waals surface area (Å²) in [5, 5.41) is 0. The van der Waals surface area contributed by atoms with Crippen molar-refractivity contribution >= 4 is 11.7 Å². The molecular weight excluding hydrogens is 242 g/mol. The summed E-state index contributed by atoms with van der Waals surface area (Å²) in [4.78, 5) is 24.7. The Labute approximate surface area is 114 Å². The molecule has 0 aliphatic heterocycles. The fourth-order valence-corrected chi connectivity index (χ4v) is 1.71. The minimum absolute atomic E-state index is 0.00935. The van der Waals surface area contributed by atoms with Gasteiger partial charge in [0, 0.05) is 19.2 Å². The molecule has 0 bridgehead atoms. The molecule has 0 unspecified atom stereocenters. The molecule has 0 fully saturated rings. The highest BCUT2D eigenvalue weighted by molar-refractivity contribution is 5.94. The van der Waals surface area contributed by atoms with Crippen molar-refractivity contribution in [3.8, 4) is 5.75 Å². The number of Topliss-reactive ketones (excluding diaryl/α,β-unsaturated/α-hetero) is 1. The van der Waals surface area contributed by atoms with Gasteiger partial charge in [0.2, 0.25) is 0 Å². The van der Waals surface area contributed by atoms with E-state index in [1.54, 1.807) is 36.2 Å². The quantitative estimate of drug-likeness (QED) is 0.740. The van der Waals surface area contributed by atoms with Gasteiger partial charge < -0.3 is 9.64 Å². The number of likely N-dealkylation sites (N-methyl/N-ethyl adjacent to an activating group) is 1. The summed E-state index contributed by atoms with van der Waals surface area (Å²) in [7, 11) is 1.76. The van der Waals surface area contributed by atoms with Crippen molar-refractivity contribution in [2.24, 2.45) is 5.92 Å². The molecule has 0 heterocycles. The summed E-state index contributed by atoms with van der Waals surface area (Å²) < 4.78 is 5.42. The van der Waals surface area contributed by atoms with E-state index < -0.39 is 0 Å². The van der Waals surface area contributed by atoms with Crippen LogP contribution in [-0.4, -0.2) is 36.8 Å². The highest BCUT2D eigenvalue weighted by Crippen LogP contribution is 2.13. The van der Waals surface area contributed by atoms with Crippen molar-refractivity contribution in [2.45, 2.75) is 20.8 Å². The van der Waals surface area contributed by atoms with E-state index >= 15 is 0 Å². The first-order valence-electron chi connectivity index (χ1n) is 6.38. The number of ether oxygens (including phenoxy) is 1. The van der Waals surface area contributed by atoms with Crippen molar-refractivity contribution in [1.82, 2.24) is 4.90 Å². The van der Waals surface area contributed by atoms with E-state index in [2.05, 4.69) is 13.8 Å². The number of carbonyl (C=O) groups excluding carboxylic acids is 2. The molecule has 4 nitrogen and oxygen atoms in total. The summed E-state index contributed by atoms with van der Waals surface area (Å²) >= 11 is 0. The molecule has 0 radical (unpaired) electrons. The molecule has 19 heavy (non-hydrogen) atoms. The molecule has 4 heteroatoms. The van der Waals surface area contributed by atoms with Gasteiger partial charge in [0.15, 0.2) is 12.4 Å². The Morgan fingerprint density at radius 1 is 1.32 bits per heavy atom. The van der Waals surface area contributed by atoms with E-state index in [1.807, 2.05) is 0 Å². The number of ketones is 1. The molecule has 1 amide bonds. The first-order chi connectivity index (χ1) is 8.90. The smallest absolute Gasteiger partial charge is 0.260 e. The van der Waals surface area contributed by atoms with Gasteiger partial charge in [-0.05, 0) is 25.0 Å².